The van der Waals surface area contributed by atoms with Crippen LogP contribution < -0.4 is 0 Å². The van der Waals surface area contributed by atoms with Crippen LogP contribution in [0.5, 0.6) is 0 Å². The van der Waals surface area contributed by atoms with Crippen molar-refractivity contribution in [3.63, 3.8) is 0 Å². The molecule has 0 radical (unpaired) electrons. The van der Waals surface area contributed by atoms with Gasteiger partial charge in [0.15, 0.2) is 6.61 Å². The van der Waals surface area contributed by atoms with Crippen LogP contribution in [-0.4, -0.2) is 58.9 Å². The molecule has 0 unspecified atom stereocenters. The summed E-state index contributed by atoms with van der Waals surface area (Å²) >= 11 is 0. The molecule has 16 saturated carbocycles. The van der Waals surface area contributed by atoms with Crippen LogP contribution in [0.15, 0.2) is 48.6 Å². The summed E-state index contributed by atoms with van der Waals surface area (Å²) in [5, 5.41) is 0. The Labute approximate surface area is 458 Å². The van der Waals surface area contributed by atoms with E-state index in [9.17, 15) is 24.0 Å². The van der Waals surface area contributed by atoms with Crippen LogP contribution in [0.1, 0.15) is 205 Å². The molecule has 0 heterocycles. The maximum atomic E-state index is 12.1. The second kappa shape index (κ2) is 22.4. The first-order valence-corrected chi connectivity index (χ1v) is 30.1. The first-order valence-electron chi connectivity index (χ1n) is 30.1. The Hall–Kier alpha value is -3.69. The summed E-state index contributed by atoms with van der Waals surface area (Å²) < 4.78 is 28.6. The van der Waals surface area contributed by atoms with Crippen molar-refractivity contribution in [2.45, 2.75) is 227 Å². The predicted octanol–water partition coefficient (Wildman–Crippen LogP) is 14.5. The molecule has 0 aromatic heterocycles. The van der Waals surface area contributed by atoms with Crippen molar-refractivity contribution in [1.29, 1.82) is 0 Å². The van der Waals surface area contributed by atoms with Crippen LogP contribution in [0.4, 0.5) is 0 Å². The Morgan fingerprint density at radius 2 is 0.684 bits per heavy atom. The number of esters is 5. The standard InChI is InChI=1S/C17H24O4.C17H26O2.C16H24O2.C15H22O2.CH4/c1-10(2)16(19)20-9-15(18)21-17(3)13-5-11-4-12(7-13)8-14(17)6-11;1-10(2)16(18)19-17(11(3)4)14-6-12-5-13(8-14)9-15(17)7-12;1-4-16(18-15(17)10(2)3)13-6-11-5-12(8-13)9-14(16)7-11;1-9(2)14(16)17-15(3)12-5-10-4-11(7-12)8-13(15)6-10;/h11-14H,1,4-9H2,2-3H3;11-15H,1,5-9H2,2-4H3;11-14H,2,4-9H2,1,3H3;10-13H,1,4-8H2,2-3H3;1H4. The topological polar surface area (TPSA) is 132 Å². The van der Waals surface area contributed by atoms with E-state index in [2.05, 4.69) is 60.9 Å². The van der Waals surface area contributed by atoms with Gasteiger partial charge in [0.2, 0.25) is 0 Å². The van der Waals surface area contributed by atoms with E-state index in [4.69, 9.17) is 23.7 Å². The number of ether oxygens (including phenoxy) is 5. The zero-order chi connectivity index (χ0) is 54.1. The number of carbonyl (C=O) groups excluding carboxylic acids is 5. The largest absolute Gasteiger partial charge is 0.456 e. The van der Waals surface area contributed by atoms with E-state index in [1.54, 1.807) is 27.7 Å². The molecule has 0 amide bonds. The van der Waals surface area contributed by atoms with Crippen LogP contribution >= 0.6 is 0 Å². The molecule has 0 aromatic carbocycles. The van der Waals surface area contributed by atoms with Gasteiger partial charge in [-0.2, -0.15) is 0 Å². The quantitative estimate of drug-likeness (QED) is 0.106. The lowest BCUT2D eigenvalue weighted by molar-refractivity contribution is -0.221. The smallest absolute Gasteiger partial charge is 0.344 e. The minimum Gasteiger partial charge on any atom is -0.456 e. The van der Waals surface area contributed by atoms with Gasteiger partial charge in [-0.05, 0) is 277 Å². The van der Waals surface area contributed by atoms with E-state index in [1.165, 1.54) is 128 Å². The lowest BCUT2D eigenvalue weighted by Gasteiger charge is -2.61. The third kappa shape index (κ3) is 11.1. The van der Waals surface area contributed by atoms with Crippen LogP contribution in [0.2, 0.25) is 0 Å². The third-order valence-corrected chi connectivity index (χ3v) is 22.8. The van der Waals surface area contributed by atoms with Crippen molar-refractivity contribution in [1.82, 2.24) is 0 Å². The van der Waals surface area contributed by atoms with Gasteiger partial charge < -0.3 is 23.7 Å². The lowest BCUT2D eigenvalue weighted by atomic mass is 9.47. The fourth-order valence-electron chi connectivity index (χ4n) is 19.8. The maximum absolute atomic E-state index is 12.1. The van der Waals surface area contributed by atoms with Gasteiger partial charge in [0.05, 0.1) is 0 Å². The first kappa shape index (κ1) is 58.5. The SMILES string of the molecule is C.C=C(C)C(=O)OC1(C(C)C)C2CC3CC(C2)CC1C3.C=C(C)C(=O)OC1(C)C2CC3CC(C2)CC1C3.C=C(C)C(=O)OC1(CC)C2CC3CC(C2)CC1C3.C=C(C)C(=O)OCC(=O)OC1(C)C2CC3CC(C2)CC1C3. The molecule has 0 aliphatic heterocycles. The van der Waals surface area contributed by atoms with E-state index in [0.717, 1.165) is 53.8 Å². The molecular formula is C66H100O10. The molecule has 424 valence electrons. The Morgan fingerprint density at radius 3 is 0.987 bits per heavy atom. The van der Waals surface area contributed by atoms with E-state index in [1.807, 2.05) is 0 Å². The van der Waals surface area contributed by atoms with E-state index in [0.29, 0.717) is 75.6 Å². The van der Waals surface area contributed by atoms with E-state index in [-0.39, 0.29) is 54.3 Å². The van der Waals surface area contributed by atoms with Crippen molar-refractivity contribution in [2.24, 2.45) is 101 Å². The molecule has 16 rings (SSSR count). The van der Waals surface area contributed by atoms with Gasteiger partial charge in [-0.3, -0.25) is 0 Å². The molecule has 16 aliphatic rings. The molecule has 0 atom stereocenters. The van der Waals surface area contributed by atoms with Gasteiger partial charge in [-0.1, -0.05) is 54.5 Å². The molecule has 16 aliphatic carbocycles. The Morgan fingerprint density at radius 1 is 0.408 bits per heavy atom. The third-order valence-electron chi connectivity index (χ3n) is 22.8. The van der Waals surface area contributed by atoms with Crippen LogP contribution in [0.25, 0.3) is 0 Å². The summed E-state index contributed by atoms with van der Waals surface area (Å²) in [6, 6.07) is 0. The van der Waals surface area contributed by atoms with Gasteiger partial charge in [-0.25, -0.2) is 24.0 Å². The van der Waals surface area contributed by atoms with E-state index >= 15 is 0 Å². The monoisotopic (exact) mass is 1050 g/mol. The van der Waals surface area contributed by atoms with Gasteiger partial charge in [0.1, 0.15) is 22.4 Å². The van der Waals surface area contributed by atoms with Crippen molar-refractivity contribution >= 4 is 29.8 Å². The molecule has 10 nitrogen and oxygen atoms in total. The Kier molecular flexibility index (Phi) is 17.3. The van der Waals surface area contributed by atoms with Gasteiger partial charge in [0, 0.05) is 22.3 Å². The molecular weight excluding hydrogens is 953 g/mol. The lowest BCUT2D eigenvalue weighted by Crippen LogP contribution is -2.62. The maximum Gasteiger partial charge on any atom is 0.344 e. The van der Waals surface area contributed by atoms with E-state index < -0.39 is 11.9 Å². The number of hydrogen-bond acceptors (Lipinski definition) is 10. The van der Waals surface area contributed by atoms with Crippen LogP contribution in [0, 0.1) is 101 Å². The zero-order valence-corrected chi connectivity index (χ0v) is 47.8. The summed E-state index contributed by atoms with van der Waals surface area (Å²) in [4.78, 5) is 59.3. The van der Waals surface area contributed by atoms with Gasteiger partial charge in [-0.15, -0.1) is 0 Å². The second-order valence-electron chi connectivity index (χ2n) is 28.2. The Balaban J connectivity index is 0.000000134. The average Bonchev–Trinajstić information content (AvgIpc) is 3.33. The van der Waals surface area contributed by atoms with Crippen molar-refractivity contribution < 1.29 is 47.7 Å². The normalized spacial score (nSPS) is 43.1. The van der Waals surface area contributed by atoms with Crippen molar-refractivity contribution in [3.8, 4) is 0 Å². The zero-order valence-electron chi connectivity index (χ0n) is 47.8. The molecule has 10 heteroatoms. The summed E-state index contributed by atoms with van der Waals surface area (Å²) in [6.45, 7) is 32.1. The minimum absolute atomic E-state index is 0. The second-order valence-corrected chi connectivity index (χ2v) is 28.2. The summed E-state index contributed by atoms with van der Waals surface area (Å²) in [7, 11) is 0. The fourth-order valence-corrected chi connectivity index (χ4v) is 19.8. The van der Waals surface area contributed by atoms with Crippen LogP contribution in [0.3, 0.4) is 0 Å². The number of hydrogen-bond donors (Lipinski definition) is 0. The van der Waals surface area contributed by atoms with Crippen LogP contribution in [-0.2, 0) is 47.7 Å². The minimum atomic E-state index is -0.540. The first-order chi connectivity index (χ1) is 35.3. The highest BCUT2D eigenvalue weighted by molar-refractivity contribution is 5.89. The molecule has 0 aromatic rings. The van der Waals surface area contributed by atoms with Crippen molar-refractivity contribution in [2.75, 3.05) is 6.61 Å². The number of carbonyl (C=O) groups is 5. The predicted molar refractivity (Wildman–Crippen MR) is 297 cm³/mol. The average molecular weight is 1050 g/mol. The fraction of sp³-hybridized carbons (Fsp3) is 0.803. The van der Waals surface area contributed by atoms with Gasteiger partial charge in [0.25, 0.3) is 0 Å². The number of rotatable bonds is 12. The highest BCUT2D eigenvalue weighted by Crippen LogP contribution is 2.64. The molecule has 16 fully saturated rings. The molecule has 0 saturated heterocycles. The summed E-state index contributed by atoms with van der Waals surface area (Å²) in [5.41, 5.74) is 0.963. The molecule has 0 N–H and O–H groups in total. The Bertz CT molecular complexity index is 2150. The van der Waals surface area contributed by atoms with Gasteiger partial charge >= 0.3 is 29.8 Å². The molecule has 0 spiro atoms. The highest BCUT2D eigenvalue weighted by Gasteiger charge is 2.62. The molecule has 76 heavy (non-hydrogen) atoms. The highest BCUT2D eigenvalue weighted by atomic mass is 16.6. The van der Waals surface area contributed by atoms with Crippen molar-refractivity contribution in [3.05, 3.63) is 48.6 Å². The summed E-state index contributed by atoms with van der Waals surface area (Å²) in [5.74, 6) is 10.6. The summed E-state index contributed by atoms with van der Waals surface area (Å²) in [6.07, 6.45) is 26.7. The molecule has 16 bridgehead atoms.